The number of aryl methyl sites for hydroxylation is 2. The van der Waals surface area contributed by atoms with Crippen LogP contribution in [0.15, 0.2) is 6.07 Å². The summed E-state index contributed by atoms with van der Waals surface area (Å²) in [5.41, 5.74) is 9.58. The van der Waals surface area contributed by atoms with Gasteiger partial charge in [0, 0.05) is 24.7 Å². The predicted octanol–water partition coefficient (Wildman–Crippen LogP) is 3.21. The third-order valence-electron chi connectivity index (χ3n) is 4.75. The summed E-state index contributed by atoms with van der Waals surface area (Å²) in [4.78, 5) is 0. The van der Waals surface area contributed by atoms with Crippen LogP contribution in [-0.2, 0) is 19.9 Å². The number of hydrogen-bond donors (Lipinski definition) is 1. The van der Waals surface area contributed by atoms with Gasteiger partial charge in [-0.2, -0.15) is 5.10 Å². The van der Waals surface area contributed by atoms with Gasteiger partial charge < -0.3 is 5.73 Å². The van der Waals surface area contributed by atoms with Crippen LogP contribution in [0.1, 0.15) is 64.3 Å². The first kappa shape index (κ1) is 14.6. The van der Waals surface area contributed by atoms with E-state index in [9.17, 15) is 0 Å². The SMILES string of the molecule is CCc1cc(CC2(N)CCCC(C)(C)CC2)n(C)n1. The van der Waals surface area contributed by atoms with Gasteiger partial charge in [-0.15, -0.1) is 0 Å². The molecule has 3 nitrogen and oxygen atoms in total. The first-order chi connectivity index (χ1) is 8.84. The number of nitrogens with zero attached hydrogens (tertiary/aromatic N) is 2. The summed E-state index contributed by atoms with van der Waals surface area (Å²) in [7, 11) is 2.04. The minimum Gasteiger partial charge on any atom is -0.325 e. The molecule has 1 aliphatic carbocycles. The highest BCUT2D eigenvalue weighted by Crippen LogP contribution is 2.38. The molecular formula is C16H29N3. The molecule has 0 radical (unpaired) electrons. The van der Waals surface area contributed by atoms with E-state index in [2.05, 4.69) is 31.9 Å². The molecule has 108 valence electrons. The third-order valence-corrected chi connectivity index (χ3v) is 4.75. The second kappa shape index (κ2) is 5.28. The zero-order valence-corrected chi connectivity index (χ0v) is 13.0. The molecule has 1 fully saturated rings. The molecule has 19 heavy (non-hydrogen) atoms. The number of hydrogen-bond acceptors (Lipinski definition) is 2. The van der Waals surface area contributed by atoms with Gasteiger partial charge in [0.1, 0.15) is 0 Å². The van der Waals surface area contributed by atoms with E-state index in [0.29, 0.717) is 5.41 Å². The van der Waals surface area contributed by atoms with Crippen molar-refractivity contribution < 1.29 is 0 Å². The molecule has 2 N–H and O–H groups in total. The van der Waals surface area contributed by atoms with E-state index in [-0.39, 0.29) is 5.54 Å². The Morgan fingerprint density at radius 3 is 2.63 bits per heavy atom. The molecule has 2 rings (SSSR count). The minimum absolute atomic E-state index is 0.0351. The largest absolute Gasteiger partial charge is 0.325 e. The number of nitrogens with two attached hydrogens (primary N) is 1. The fraction of sp³-hybridized carbons (Fsp3) is 0.812. The highest BCUT2D eigenvalue weighted by Gasteiger charge is 2.33. The molecule has 0 aromatic carbocycles. The fourth-order valence-corrected chi connectivity index (χ4v) is 3.20. The van der Waals surface area contributed by atoms with Gasteiger partial charge in [-0.1, -0.05) is 27.2 Å². The van der Waals surface area contributed by atoms with Gasteiger partial charge in [0.05, 0.1) is 5.69 Å². The number of aromatic nitrogens is 2. The zero-order valence-electron chi connectivity index (χ0n) is 13.0. The van der Waals surface area contributed by atoms with Gasteiger partial charge in [0.2, 0.25) is 0 Å². The summed E-state index contributed by atoms with van der Waals surface area (Å²) in [5.74, 6) is 0. The summed E-state index contributed by atoms with van der Waals surface area (Å²) in [5, 5.41) is 4.54. The lowest BCUT2D eigenvalue weighted by Gasteiger charge is -2.29. The molecule has 0 spiro atoms. The Labute approximate surface area is 117 Å². The molecule has 1 aromatic heterocycles. The van der Waals surface area contributed by atoms with E-state index < -0.39 is 0 Å². The van der Waals surface area contributed by atoms with Crippen molar-refractivity contribution in [1.82, 2.24) is 9.78 Å². The molecule has 1 unspecified atom stereocenters. The third kappa shape index (κ3) is 3.59. The lowest BCUT2D eigenvalue weighted by Crippen LogP contribution is -2.42. The van der Waals surface area contributed by atoms with E-state index in [1.54, 1.807) is 0 Å². The van der Waals surface area contributed by atoms with Crippen LogP contribution >= 0.6 is 0 Å². The van der Waals surface area contributed by atoms with Crippen molar-refractivity contribution in [3.8, 4) is 0 Å². The van der Waals surface area contributed by atoms with Crippen LogP contribution in [0.5, 0.6) is 0 Å². The van der Waals surface area contributed by atoms with Crippen LogP contribution in [0, 0.1) is 5.41 Å². The molecule has 0 amide bonds. The lowest BCUT2D eigenvalue weighted by molar-refractivity contribution is 0.295. The van der Waals surface area contributed by atoms with Crippen molar-refractivity contribution in [2.75, 3.05) is 0 Å². The topological polar surface area (TPSA) is 43.8 Å². The average Bonchev–Trinajstić information content (AvgIpc) is 2.60. The Bertz CT molecular complexity index is 433. The fourth-order valence-electron chi connectivity index (χ4n) is 3.20. The normalized spacial score (nSPS) is 27.2. The maximum absolute atomic E-state index is 6.69. The second-order valence-corrected chi connectivity index (χ2v) is 7.16. The summed E-state index contributed by atoms with van der Waals surface area (Å²) in [6, 6.07) is 2.23. The highest BCUT2D eigenvalue weighted by molar-refractivity contribution is 5.14. The van der Waals surface area contributed by atoms with Crippen LogP contribution in [0.2, 0.25) is 0 Å². The van der Waals surface area contributed by atoms with Crippen molar-refractivity contribution in [3.05, 3.63) is 17.5 Å². The smallest absolute Gasteiger partial charge is 0.0624 e. The lowest BCUT2D eigenvalue weighted by atomic mass is 9.82. The van der Waals surface area contributed by atoms with E-state index in [0.717, 1.165) is 25.7 Å². The maximum Gasteiger partial charge on any atom is 0.0624 e. The average molecular weight is 263 g/mol. The van der Waals surface area contributed by atoms with Crippen LogP contribution < -0.4 is 5.73 Å². The number of rotatable bonds is 3. The Morgan fingerprint density at radius 2 is 2.00 bits per heavy atom. The van der Waals surface area contributed by atoms with Crippen molar-refractivity contribution in [1.29, 1.82) is 0 Å². The van der Waals surface area contributed by atoms with Gasteiger partial charge in [-0.3, -0.25) is 4.68 Å². The van der Waals surface area contributed by atoms with Gasteiger partial charge >= 0.3 is 0 Å². The summed E-state index contributed by atoms with van der Waals surface area (Å²) >= 11 is 0. The molecule has 3 heteroatoms. The van der Waals surface area contributed by atoms with Crippen molar-refractivity contribution in [3.63, 3.8) is 0 Å². The second-order valence-electron chi connectivity index (χ2n) is 7.16. The van der Waals surface area contributed by atoms with Crippen molar-refractivity contribution >= 4 is 0 Å². The van der Waals surface area contributed by atoms with Crippen LogP contribution in [-0.4, -0.2) is 15.3 Å². The molecule has 1 saturated carbocycles. The maximum atomic E-state index is 6.69. The molecular weight excluding hydrogens is 234 g/mol. The monoisotopic (exact) mass is 263 g/mol. The highest BCUT2D eigenvalue weighted by atomic mass is 15.3. The van der Waals surface area contributed by atoms with E-state index >= 15 is 0 Å². The van der Waals surface area contributed by atoms with Crippen molar-refractivity contribution in [2.24, 2.45) is 18.2 Å². The van der Waals surface area contributed by atoms with E-state index in [4.69, 9.17) is 5.73 Å². The molecule has 1 aliphatic rings. The summed E-state index contributed by atoms with van der Waals surface area (Å²) in [6.45, 7) is 6.90. The first-order valence-electron chi connectivity index (χ1n) is 7.64. The van der Waals surface area contributed by atoms with Crippen molar-refractivity contribution in [2.45, 2.75) is 71.3 Å². The molecule has 0 aliphatic heterocycles. The van der Waals surface area contributed by atoms with Gasteiger partial charge in [-0.25, -0.2) is 0 Å². The van der Waals surface area contributed by atoms with E-state index in [1.807, 2.05) is 11.7 Å². The van der Waals surface area contributed by atoms with Crippen LogP contribution in [0.25, 0.3) is 0 Å². The summed E-state index contributed by atoms with van der Waals surface area (Å²) in [6.07, 6.45) is 8.03. The van der Waals surface area contributed by atoms with Gasteiger partial charge in [-0.05, 0) is 43.6 Å². The molecule has 1 atom stereocenters. The molecule has 1 heterocycles. The zero-order chi connectivity index (χ0) is 14.1. The van der Waals surface area contributed by atoms with E-state index in [1.165, 1.54) is 30.7 Å². The summed E-state index contributed by atoms with van der Waals surface area (Å²) < 4.78 is 2.02. The first-order valence-corrected chi connectivity index (χ1v) is 7.64. The van der Waals surface area contributed by atoms with Gasteiger partial charge in [0.25, 0.3) is 0 Å². The predicted molar refractivity (Wildman–Crippen MR) is 80.1 cm³/mol. The van der Waals surface area contributed by atoms with Crippen LogP contribution in [0.3, 0.4) is 0 Å². The Morgan fingerprint density at radius 1 is 1.26 bits per heavy atom. The Balaban J connectivity index is 2.10. The molecule has 0 saturated heterocycles. The Hall–Kier alpha value is -0.830. The quantitative estimate of drug-likeness (QED) is 0.851. The Kier molecular flexibility index (Phi) is 4.05. The minimum atomic E-state index is -0.0351. The van der Waals surface area contributed by atoms with Gasteiger partial charge in [0.15, 0.2) is 0 Å². The standard InChI is InChI=1S/C16H29N3/c1-5-13-11-14(19(4)18-13)12-16(17)8-6-7-15(2,3)9-10-16/h11H,5-10,12,17H2,1-4H3. The van der Waals surface area contributed by atoms with Crippen LogP contribution in [0.4, 0.5) is 0 Å². The molecule has 0 bridgehead atoms. The molecule has 1 aromatic rings.